The quantitative estimate of drug-likeness (QED) is 0.658. The van der Waals surface area contributed by atoms with Gasteiger partial charge in [-0.25, -0.2) is 0 Å². The highest BCUT2D eigenvalue weighted by Gasteiger charge is 2.10. The van der Waals surface area contributed by atoms with Crippen molar-refractivity contribution in [3.63, 3.8) is 0 Å². The van der Waals surface area contributed by atoms with E-state index in [-0.39, 0.29) is 17.1 Å². The number of amides is 1. The van der Waals surface area contributed by atoms with E-state index in [1.165, 1.54) is 0 Å². The summed E-state index contributed by atoms with van der Waals surface area (Å²) >= 11 is 1.82. The fourth-order valence-electron chi connectivity index (χ4n) is 1.20. The van der Waals surface area contributed by atoms with E-state index in [1.54, 1.807) is 0 Å². The predicted molar refractivity (Wildman–Crippen MR) is 71.3 cm³/mol. The molecule has 0 saturated heterocycles. The molecule has 0 aromatic heterocycles. The maximum atomic E-state index is 11.3. The zero-order chi connectivity index (χ0) is 13.3. The summed E-state index contributed by atoms with van der Waals surface area (Å²) < 4.78 is 0.228. The van der Waals surface area contributed by atoms with Crippen LogP contribution in [0.25, 0.3) is 0 Å². The first kappa shape index (κ1) is 16.3. The summed E-state index contributed by atoms with van der Waals surface area (Å²) in [6.07, 6.45) is 1.78. The maximum Gasteiger partial charge on any atom is 0.303 e. The number of carboxylic acid groups (broad SMARTS) is 1. The molecule has 5 heteroatoms. The van der Waals surface area contributed by atoms with Gasteiger partial charge in [-0.15, -0.1) is 0 Å². The zero-order valence-electron chi connectivity index (χ0n) is 10.9. The average Bonchev–Trinajstić information content (AvgIpc) is 2.18. The van der Waals surface area contributed by atoms with Crippen LogP contribution in [0.4, 0.5) is 0 Å². The van der Waals surface area contributed by atoms with Gasteiger partial charge in [0.15, 0.2) is 0 Å². The van der Waals surface area contributed by atoms with Crippen molar-refractivity contribution >= 4 is 23.6 Å². The second-order valence-corrected chi connectivity index (χ2v) is 6.83. The molecule has 0 aliphatic heterocycles. The molecule has 0 heterocycles. The highest BCUT2D eigenvalue weighted by Crippen LogP contribution is 2.21. The summed E-state index contributed by atoms with van der Waals surface area (Å²) in [7, 11) is 0. The van der Waals surface area contributed by atoms with Crippen LogP contribution in [0.2, 0.25) is 0 Å². The Hall–Kier alpha value is -0.710. The molecule has 0 rings (SSSR count). The fraction of sp³-hybridized carbons (Fsp3) is 0.833. The number of thioether (sulfide) groups is 1. The van der Waals surface area contributed by atoms with Crippen LogP contribution in [0.1, 0.15) is 46.5 Å². The second-order valence-electron chi connectivity index (χ2n) is 4.91. The molecule has 4 nitrogen and oxygen atoms in total. The largest absolute Gasteiger partial charge is 0.481 e. The highest BCUT2D eigenvalue weighted by molar-refractivity contribution is 8.00. The fourth-order valence-corrected chi connectivity index (χ4v) is 2.01. The summed E-state index contributed by atoms with van der Waals surface area (Å²) in [6, 6.07) is 0. The first-order valence-corrected chi connectivity index (χ1v) is 6.92. The monoisotopic (exact) mass is 261 g/mol. The van der Waals surface area contributed by atoms with Crippen molar-refractivity contribution in [3.05, 3.63) is 0 Å². The molecule has 0 atom stereocenters. The second kappa shape index (κ2) is 8.39. The molecular weight excluding hydrogens is 238 g/mol. The smallest absolute Gasteiger partial charge is 0.303 e. The number of rotatable bonds is 8. The van der Waals surface area contributed by atoms with Gasteiger partial charge in [-0.05, 0) is 12.8 Å². The Morgan fingerprint density at radius 3 is 2.29 bits per heavy atom. The number of carboxylic acids is 1. The van der Waals surface area contributed by atoms with Crippen LogP contribution in [0.15, 0.2) is 0 Å². The van der Waals surface area contributed by atoms with E-state index >= 15 is 0 Å². The Bertz CT molecular complexity index is 249. The van der Waals surface area contributed by atoms with Gasteiger partial charge < -0.3 is 10.4 Å². The molecule has 0 radical (unpaired) electrons. The summed E-state index contributed by atoms with van der Waals surface area (Å²) in [4.78, 5) is 21.6. The van der Waals surface area contributed by atoms with Crippen LogP contribution >= 0.6 is 11.8 Å². The lowest BCUT2D eigenvalue weighted by Crippen LogP contribution is -2.26. The topological polar surface area (TPSA) is 66.4 Å². The Kier molecular flexibility index (Phi) is 8.04. The Morgan fingerprint density at radius 1 is 1.18 bits per heavy atom. The lowest BCUT2D eigenvalue weighted by molar-refractivity contribution is -0.137. The van der Waals surface area contributed by atoms with Crippen LogP contribution in [0.5, 0.6) is 0 Å². The summed E-state index contributed by atoms with van der Waals surface area (Å²) in [5.74, 6) is 0.126. The van der Waals surface area contributed by atoms with Crippen LogP contribution in [0, 0.1) is 0 Å². The number of unbranched alkanes of at least 4 members (excludes halogenated alkanes) is 1. The minimum Gasteiger partial charge on any atom is -0.481 e. The van der Waals surface area contributed by atoms with Crippen molar-refractivity contribution in [3.8, 4) is 0 Å². The molecule has 0 spiro atoms. The molecule has 0 bridgehead atoms. The molecular formula is C12H23NO3S. The molecule has 0 aliphatic rings. The first-order chi connectivity index (χ1) is 7.81. The number of aliphatic carboxylic acids is 1. The van der Waals surface area contributed by atoms with E-state index in [1.807, 2.05) is 11.8 Å². The van der Waals surface area contributed by atoms with E-state index < -0.39 is 5.97 Å². The van der Waals surface area contributed by atoms with E-state index in [9.17, 15) is 9.59 Å². The van der Waals surface area contributed by atoms with Crippen molar-refractivity contribution in [2.45, 2.75) is 51.2 Å². The van der Waals surface area contributed by atoms with E-state index in [4.69, 9.17) is 5.11 Å². The third-order valence-electron chi connectivity index (χ3n) is 2.00. The van der Waals surface area contributed by atoms with Gasteiger partial charge in [-0.1, -0.05) is 20.8 Å². The van der Waals surface area contributed by atoms with Crippen molar-refractivity contribution in [1.29, 1.82) is 0 Å². The third kappa shape index (κ3) is 13.2. The first-order valence-electron chi connectivity index (χ1n) is 5.94. The number of hydrogen-bond acceptors (Lipinski definition) is 3. The Balaban J connectivity index is 3.38. The van der Waals surface area contributed by atoms with Crippen molar-refractivity contribution in [2.75, 3.05) is 12.3 Å². The third-order valence-corrected chi connectivity index (χ3v) is 3.28. The maximum absolute atomic E-state index is 11.3. The highest BCUT2D eigenvalue weighted by atomic mass is 32.2. The lowest BCUT2D eigenvalue weighted by atomic mass is 10.2. The Labute approximate surface area is 108 Å². The zero-order valence-corrected chi connectivity index (χ0v) is 11.7. The Morgan fingerprint density at radius 2 is 1.76 bits per heavy atom. The normalized spacial score (nSPS) is 11.2. The van der Waals surface area contributed by atoms with Crippen molar-refractivity contribution in [1.82, 2.24) is 5.32 Å². The van der Waals surface area contributed by atoms with E-state index in [0.717, 1.165) is 5.75 Å². The molecule has 100 valence electrons. The van der Waals surface area contributed by atoms with E-state index in [0.29, 0.717) is 25.8 Å². The lowest BCUT2D eigenvalue weighted by Gasteiger charge is -2.17. The number of carbonyl (C=O) groups excluding carboxylic acids is 1. The standard InChI is InChI=1S/C12H23NO3S/c1-12(2,3)17-9-8-13-10(14)6-4-5-7-11(15)16/h4-9H2,1-3H3,(H,13,14)(H,15,16). The molecule has 0 aromatic carbocycles. The van der Waals surface area contributed by atoms with Crippen molar-refractivity contribution < 1.29 is 14.7 Å². The van der Waals surface area contributed by atoms with Crippen LogP contribution in [-0.4, -0.2) is 34.0 Å². The minimum absolute atomic E-state index is 0.0184. The van der Waals surface area contributed by atoms with Gasteiger partial charge in [0.2, 0.25) is 5.91 Å². The number of hydrogen-bond donors (Lipinski definition) is 2. The molecule has 1 amide bonds. The van der Waals surface area contributed by atoms with Crippen LogP contribution in [0.3, 0.4) is 0 Å². The minimum atomic E-state index is -0.799. The van der Waals surface area contributed by atoms with Gasteiger partial charge in [0.05, 0.1) is 0 Å². The number of carbonyl (C=O) groups is 2. The molecule has 0 aromatic rings. The number of nitrogens with one attached hydrogen (secondary N) is 1. The van der Waals surface area contributed by atoms with Crippen LogP contribution < -0.4 is 5.32 Å². The van der Waals surface area contributed by atoms with Gasteiger partial charge in [0.1, 0.15) is 0 Å². The SMILES string of the molecule is CC(C)(C)SCCNC(=O)CCCCC(=O)O. The van der Waals surface area contributed by atoms with Gasteiger partial charge in [0, 0.05) is 29.9 Å². The summed E-state index contributed by atoms with van der Waals surface area (Å²) in [5.41, 5.74) is 0. The summed E-state index contributed by atoms with van der Waals surface area (Å²) in [5, 5.41) is 11.3. The molecule has 0 saturated carbocycles. The van der Waals surface area contributed by atoms with Gasteiger partial charge in [0.25, 0.3) is 0 Å². The molecule has 0 fully saturated rings. The van der Waals surface area contributed by atoms with Gasteiger partial charge in [-0.3, -0.25) is 9.59 Å². The van der Waals surface area contributed by atoms with Gasteiger partial charge >= 0.3 is 5.97 Å². The van der Waals surface area contributed by atoms with E-state index in [2.05, 4.69) is 26.1 Å². The van der Waals surface area contributed by atoms with Crippen LogP contribution in [-0.2, 0) is 9.59 Å². The molecule has 0 unspecified atom stereocenters. The predicted octanol–water partition coefficient (Wildman–Crippen LogP) is 2.28. The summed E-state index contributed by atoms with van der Waals surface area (Å²) in [6.45, 7) is 7.11. The average molecular weight is 261 g/mol. The van der Waals surface area contributed by atoms with Gasteiger partial charge in [-0.2, -0.15) is 11.8 Å². The van der Waals surface area contributed by atoms with Crippen molar-refractivity contribution in [2.24, 2.45) is 0 Å². The molecule has 2 N–H and O–H groups in total. The molecule has 17 heavy (non-hydrogen) atoms. The molecule has 0 aliphatic carbocycles.